The summed E-state index contributed by atoms with van der Waals surface area (Å²) in [5.74, 6) is 0.867. The quantitative estimate of drug-likeness (QED) is 0.836. The van der Waals surface area contributed by atoms with Crippen molar-refractivity contribution in [3.05, 3.63) is 30.3 Å². The number of carbonyl (C=O) groups excluding carboxylic acids is 2. The molecule has 2 fully saturated rings. The van der Waals surface area contributed by atoms with E-state index in [9.17, 15) is 9.59 Å². The van der Waals surface area contributed by atoms with E-state index in [0.717, 1.165) is 5.75 Å². The van der Waals surface area contributed by atoms with Gasteiger partial charge in [-0.15, -0.1) is 0 Å². The normalized spacial score (nSPS) is 19.2. The fourth-order valence-corrected chi connectivity index (χ4v) is 3.36. The van der Waals surface area contributed by atoms with Crippen LogP contribution in [0.25, 0.3) is 0 Å². The highest BCUT2D eigenvalue weighted by molar-refractivity contribution is 5.76. The first-order chi connectivity index (χ1) is 12.1. The van der Waals surface area contributed by atoms with E-state index in [-0.39, 0.29) is 12.0 Å². The molecule has 3 rings (SSSR count). The SMILES string of the molecule is NCCC(=O)N1CCC2(CC1)CN(CCOc1ccccc1)C(=O)O2. The number of hydrogen-bond donors (Lipinski definition) is 1. The Bertz CT molecular complexity index is 600. The largest absolute Gasteiger partial charge is 0.492 e. The van der Waals surface area contributed by atoms with Gasteiger partial charge in [-0.2, -0.15) is 0 Å². The van der Waals surface area contributed by atoms with E-state index < -0.39 is 5.60 Å². The van der Waals surface area contributed by atoms with Crippen molar-refractivity contribution in [3.8, 4) is 5.75 Å². The third kappa shape index (κ3) is 4.22. The van der Waals surface area contributed by atoms with Gasteiger partial charge in [0.15, 0.2) is 0 Å². The maximum atomic E-state index is 12.2. The average Bonchev–Trinajstić information content (AvgIpc) is 2.92. The molecule has 7 heteroatoms. The van der Waals surface area contributed by atoms with Crippen LogP contribution in [0.15, 0.2) is 30.3 Å². The highest BCUT2D eigenvalue weighted by Crippen LogP contribution is 2.33. The zero-order valence-electron chi connectivity index (χ0n) is 14.4. The molecule has 2 aliphatic rings. The molecule has 136 valence electrons. The topological polar surface area (TPSA) is 85.1 Å². The van der Waals surface area contributed by atoms with Gasteiger partial charge in [0, 0.05) is 38.9 Å². The Kier molecular flexibility index (Phi) is 5.43. The lowest BCUT2D eigenvalue weighted by Gasteiger charge is -2.37. The molecule has 0 aromatic heterocycles. The number of para-hydroxylation sites is 1. The van der Waals surface area contributed by atoms with Gasteiger partial charge in [0.2, 0.25) is 5.91 Å². The van der Waals surface area contributed by atoms with Crippen LogP contribution >= 0.6 is 0 Å². The molecule has 2 N–H and O–H groups in total. The number of hydrogen-bond acceptors (Lipinski definition) is 5. The number of nitrogens with zero attached hydrogens (tertiary/aromatic N) is 2. The predicted octanol–water partition coefficient (Wildman–Crippen LogP) is 1.23. The lowest BCUT2D eigenvalue weighted by atomic mass is 9.91. The second-order valence-electron chi connectivity index (χ2n) is 6.55. The minimum Gasteiger partial charge on any atom is -0.492 e. The first kappa shape index (κ1) is 17.5. The second kappa shape index (κ2) is 7.74. The molecule has 0 saturated carbocycles. The van der Waals surface area contributed by atoms with Crippen LogP contribution in [0.4, 0.5) is 4.79 Å². The molecule has 0 unspecified atom stereocenters. The minimum absolute atomic E-state index is 0.0785. The van der Waals surface area contributed by atoms with Gasteiger partial charge < -0.3 is 25.0 Å². The molecule has 7 nitrogen and oxygen atoms in total. The van der Waals surface area contributed by atoms with Gasteiger partial charge in [-0.05, 0) is 12.1 Å². The van der Waals surface area contributed by atoms with Gasteiger partial charge in [0.1, 0.15) is 18.0 Å². The molecule has 0 aliphatic carbocycles. The number of carbonyl (C=O) groups is 2. The third-order valence-electron chi connectivity index (χ3n) is 4.80. The standard InChI is InChI=1S/C18H25N3O4/c19-9-6-16(22)20-10-7-18(8-11-20)14-21(17(23)25-18)12-13-24-15-4-2-1-3-5-15/h1-5H,6-14,19H2. The van der Waals surface area contributed by atoms with E-state index in [0.29, 0.717) is 58.6 Å². The van der Waals surface area contributed by atoms with E-state index in [4.69, 9.17) is 15.2 Å². The van der Waals surface area contributed by atoms with Crippen LogP contribution in [0.2, 0.25) is 0 Å². The molecule has 2 amide bonds. The van der Waals surface area contributed by atoms with Crippen LogP contribution in [-0.2, 0) is 9.53 Å². The summed E-state index contributed by atoms with van der Waals surface area (Å²) in [4.78, 5) is 27.6. The van der Waals surface area contributed by atoms with Crippen LogP contribution in [0.3, 0.4) is 0 Å². The average molecular weight is 347 g/mol. The summed E-state index contributed by atoms with van der Waals surface area (Å²) in [7, 11) is 0. The van der Waals surface area contributed by atoms with Crippen molar-refractivity contribution < 1.29 is 19.1 Å². The van der Waals surface area contributed by atoms with Crippen LogP contribution in [0.5, 0.6) is 5.75 Å². The van der Waals surface area contributed by atoms with Crippen molar-refractivity contribution in [3.63, 3.8) is 0 Å². The molecule has 1 aromatic rings. The van der Waals surface area contributed by atoms with Gasteiger partial charge in [0.05, 0.1) is 13.1 Å². The molecule has 0 radical (unpaired) electrons. The summed E-state index contributed by atoms with van der Waals surface area (Å²) in [5.41, 5.74) is 4.97. The highest BCUT2D eigenvalue weighted by Gasteiger charge is 2.47. The Morgan fingerprint density at radius 1 is 1.24 bits per heavy atom. The Labute approximate surface area is 147 Å². The lowest BCUT2D eigenvalue weighted by molar-refractivity contribution is -0.134. The fourth-order valence-electron chi connectivity index (χ4n) is 3.36. The Hall–Kier alpha value is -2.28. The van der Waals surface area contributed by atoms with Crippen LogP contribution < -0.4 is 10.5 Å². The summed E-state index contributed by atoms with van der Waals surface area (Å²) in [5, 5.41) is 0. The van der Waals surface area contributed by atoms with Crippen LogP contribution in [-0.4, -0.2) is 66.7 Å². The number of amides is 2. The number of benzene rings is 1. The van der Waals surface area contributed by atoms with Crippen LogP contribution in [0, 0.1) is 0 Å². The number of rotatable bonds is 6. The second-order valence-corrected chi connectivity index (χ2v) is 6.55. The summed E-state index contributed by atoms with van der Waals surface area (Å²) in [6.07, 6.45) is 1.42. The summed E-state index contributed by atoms with van der Waals surface area (Å²) in [6.45, 7) is 3.07. The molecular weight excluding hydrogens is 322 g/mol. The molecule has 0 atom stereocenters. The van der Waals surface area contributed by atoms with E-state index in [1.807, 2.05) is 35.2 Å². The molecule has 1 aromatic carbocycles. The summed E-state index contributed by atoms with van der Waals surface area (Å²) in [6, 6.07) is 9.52. The van der Waals surface area contributed by atoms with Gasteiger partial charge in [-0.1, -0.05) is 18.2 Å². The third-order valence-corrected chi connectivity index (χ3v) is 4.80. The highest BCUT2D eigenvalue weighted by atomic mass is 16.6. The minimum atomic E-state index is -0.469. The first-order valence-corrected chi connectivity index (χ1v) is 8.75. The molecule has 2 heterocycles. The monoisotopic (exact) mass is 347 g/mol. The van der Waals surface area contributed by atoms with Crippen molar-refractivity contribution in [1.82, 2.24) is 9.80 Å². The maximum Gasteiger partial charge on any atom is 0.410 e. The Morgan fingerprint density at radius 2 is 1.96 bits per heavy atom. The zero-order chi connectivity index (χ0) is 17.7. The fraction of sp³-hybridized carbons (Fsp3) is 0.556. The van der Waals surface area contributed by atoms with Crippen molar-refractivity contribution in [2.24, 2.45) is 5.73 Å². The van der Waals surface area contributed by atoms with Crippen molar-refractivity contribution >= 4 is 12.0 Å². The Morgan fingerprint density at radius 3 is 2.64 bits per heavy atom. The Balaban J connectivity index is 1.47. The molecule has 0 bridgehead atoms. The van der Waals surface area contributed by atoms with E-state index in [1.54, 1.807) is 4.90 Å². The number of likely N-dealkylation sites (tertiary alicyclic amines) is 1. The van der Waals surface area contributed by atoms with Crippen LogP contribution in [0.1, 0.15) is 19.3 Å². The van der Waals surface area contributed by atoms with Gasteiger partial charge >= 0.3 is 6.09 Å². The van der Waals surface area contributed by atoms with Gasteiger partial charge in [-0.25, -0.2) is 4.79 Å². The zero-order valence-corrected chi connectivity index (χ0v) is 14.4. The smallest absolute Gasteiger partial charge is 0.410 e. The number of ether oxygens (including phenoxy) is 2. The predicted molar refractivity (Wildman–Crippen MR) is 92.2 cm³/mol. The van der Waals surface area contributed by atoms with E-state index in [2.05, 4.69) is 0 Å². The number of nitrogens with two attached hydrogens (primary N) is 1. The summed E-state index contributed by atoms with van der Waals surface area (Å²) >= 11 is 0. The molecule has 2 aliphatic heterocycles. The number of piperidine rings is 1. The van der Waals surface area contributed by atoms with Gasteiger partial charge in [0.25, 0.3) is 0 Å². The molecule has 2 saturated heterocycles. The maximum absolute atomic E-state index is 12.2. The van der Waals surface area contributed by atoms with Gasteiger partial charge in [-0.3, -0.25) is 4.79 Å². The van der Waals surface area contributed by atoms with Crippen molar-refractivity contribution in [2.45, 2.75) is 24.9 Å². The van der Waals surface area contributed by atoms with Crippen molar-refractivity contribution in [1.29, 1.82) is 0 Å². The van der Waals surface area contributed by atoms with E-state index >= 15 is 0 Å². The molecular formula is C18H25N3O4. The van der Waals surface area contributed by atoms with Crippen molar-refractivity contribution in [2.75, 3.05) is 39.3 Å². The summed E-state index contributed by atoms with van der Waals surface area (Å²) < 4.78 is 11.3. The lowest BCUT2D eigenvalue weighted by Crippen LogP contribution is -2.49. The van der Waals surface area contributed by atoms with E-state index in [1.165, 1.54) is 0 Å². The molecule has 1 spiro atoms. The molecule has 25 heavy (non-hydrogen) atoms. The first-order valence-electron chi connectivity index (χ1n) is 8.75.